The van der Waals surface area contributed by atoms with E-state index in [1.54, 1.807) is 4.68 Å². The third-order valence-electron chi connectivity index (χ3n) is 3.21. The van der Waals surface area contributed by atoms with Crippen LogP contribution in [0.1, 0.15) is 50.1 Å². The van der Waals surface area contributed by atoms with Crippen molar-refractivity contribution < 1.29 is 0 Å². The number of hydrogen-bond acceptors (Lipinski definition) is 2. The van der Waals surface area contributed by atoms with Crippen LogP contribution in [0.25, 0.3) is 0 Å². The van der Waals surface area contributed by atoms with E-state index in [-0.39, 0.29) is 0 Å². The van der Waals surface area contributed by atoms with Crippen LogP contribution in [0.4, 0.5) is 5.82 Å². The normalized spacial score (nSPS) is 19.5. The predicted molar refractivity (Wildman–Crippen MR) is 58.1 cm³/mol. The molecule has 3 heteroatoms. The van der Waals surface area contributed by atoms with Crippen LogP contribution in [-0.2, 0) is 7.05 Å². The molecule has 0 aliphatic heterocycles. The van der Waals surface area contributed by atoms with Crippen LogP contribution in [0.15, 0.2) is 6.07 Å². The van der Waals surface area contributed by atoms with Crippen molar-refractivity contribution >= 4 is 5.82 Å². The molecule has 1 aromatic heterocycles. The Labute approximate surface area is 85.3 Å². The molecule has 1 heterocycles. The Morgan fingerprint density at radius 2 is 1.93 bits per heavy atom. The van der Waals surface area contributed by atoms with Gasteiger partial charge in [-0.05, 0) is 12.8 Å². The zero-order chi connectivity index (χ0) is 9.97. The lowest BCUT2D eigenvalue weighted by Gasteiger charge is -2.09. The Bertz CT molecular complexity index is 276. The molecule has 1 aliphatic carbocycles. The summed E-state index contributed by atoms with van der Waals surface area (Å²) in [5.74, 6) is 1.44. The Morgan fingerprint density at radius 3 is 2.43 bits per heavy atom. The molecule has 1 aromatic rings. The average Bonchev–Trinajstić information content (AvgIpc) is 2.46. The lowest BCUT2D eigenvalue weighted by molar-refractivity contribution is 0.566. The van der Waals surface area contributed by atoms with Gasteiger partial charge in [-0.25, -0.2) is 0 Å². The summed E-state index contributed by atoms with van der Waals surface area (Å²) >= 11 is 0. The van der Waals surface area contributed by atoms with Gasteiger partial charge in [0.2, 0.25) is 0 Å². The third kappa shape index (κ3) is 1.91. The minimum atomic E-state index is 0.654. The van der Waals surface area contributed by atoms with Crippen LogP contribution in [0.2, 0.25) is 0 Å². The molecule has 78 valence electrons. The Kier molecular flexibility index (Phi) is 2.75. The lowest BCUT2D eigenvalue weighted by Crippen LogP contribution is -2.00. The van der Waals surface area contributed by atoms with Gasteiger partial charge in [0.05, 0.1) is 5.69 Å². The molecule has 0 spiro atoms. The molecular formula is C11H19N3. The fourth-order valence-electron chi connectivity index (χ4n) is 2.28. The number of hydrogen-bond donors (Lipinski definition) is 1. The van der Waals surface area contributed by atoms with E-state index in [1.165, 1.54) is 44.2 Å². The Morgan fingerprint density at radius 1 is 1.29 bits per heavy atom. The predicted octanol–water partition coefficient (Wildman–Crippen LogP) is 2.44. The molecule has 0 unspecified atom stereocenters. The van der Waals surface area contributed by atoms with Crippen LogP contribution in [0, 0.1) is 0 Å². The maximum atomic E-state index is 5.79. The molecule has 0 amide bonds. The second-order valence-electron chi connectivity index (χ2n) is 4.31. The van der Waals surface area contributed by atoms with Gasteiger partial charge in [-0.1, -0.05) is 25.7 Å². The van der Waals surface area contributed by atoms with E-state index in [1.807, 2.05) is 13.1 Å². The van der Waals surface area contributed by atoms with E-state index in [2.05, 4.69) is 5.10 Å². The average molecular weight is 193 g/mol. The molecule has 0 aromatic carbocycles. The number of aryl methyl sites for hydroxylation is 1. The fraction of sp³-hybridized carbons (Fsp3) is 0.727. The van der Waals surface area contributed by atoms with Gasteiger partial charge < -0.3 is 5.73 Å². The van der Waals surface area contributed by atoms with Crippen molar-refractivity contribution in [3.8, 4) is 0 Å². The molecule has 0 radical (unpaired) electrons. The summed E-state index contributed by atoms with van der Waals surface area (Å²) in [4.78, 5) is 0. The largest absolute Gasteiger partial charge is 0.384 e. The number of rotatable bonds is 1. The SMILES string of the molecule is Cn1nc(C2CCCCCC2)cc1N. The van der Waals surface area contributed by atoms with Crippen molar-refractivity contribution in [2.75, 3.05) is 5.73 Å². The summed E-state index contributed by atoms with van der Waals surface area (Å²) in [6.07, 6.45) is 8.05. The first-order valence-corrected chi connectivity index (χ1v) is 5.57. The molecule has 2 N–H and O–H groups in total. The van der Waals surface area contributed by atoms with E-state index >= 15 is 0 Å². The number of anilines is 1. The standard InChI is InChI=1S/C11H19N3/c1-14-11(12)8-10(13-14)9-6-4-2-3-5-7-9/h8-9H,2-7,12H2,1H3. The molecule has 0 atom stereocenters. The summed E-state index contributed by atoms with van der Waals surface area (Å²) < 4.78 is 1.78. The zero-order valence-electron chi connectivity index (χ0n) is 8.87. The van der Waals surface area contributed by atoms with Gasteiger partial charge in [-0.2, -0.15) is 5.10 Å². The van der Waals surface area contributed by atoms with E-state index in [0.29, 0.717) is 5.92 Å². The molecule has 3 nitrogen and oxygen atoms in total. The van der Waals surface area contributed by atoms with E-state index in [9.17, 15) is 0 Å². The van der Waals surface area contributed by atoms with Crippen LogP contribution >= 0.6 is 0 Å². The summed E-state index contributed by atoms with van der Waals surface area (Å²) in [5, 5.41) is 4.47. The maximum absolute atomic E-state index is 5.79. The Balaban J connectivity index is 2.12. The van der Waals surface area contributed by atoms with E-state index in [4.69, 9.17) is 5.73 Å². The summed E-state index contributed by atoms with van der Waals surface area (Å²) in [5.41, 5.74) is 6.99. The number of nitrogens with two attached hydrogens (primary N) is 1. The van der Waals surface area contributed by atoms with Gasteiger partial charge in [-0.3, -0.25) is 4.68 Å². The molecular weight excluding hydrogens is 174 g/mol. The van der Waals surface area contributed by atoms with Crippen molar-refractivity contribution in [3.05, 3.63) is 11.8 Å². The summed E-state index contributed by atoms with van der Waals surface area (Å²) in [6.45, 7) is 0. The zero-order valence-corrected chi connectivity index (χ0v) is 8.87. The first kappa shape index (κ1) is 9.56. The van der Waals surface area contributed by atoms with Crippen molar-refractivity contribution in [2.24, 2.45) is 7.05 Å². The molecule has 0 bridgehead atoms. The summed E-state index contributed by atoms with van der Waals surface area (Å²) in [6, 6.07) is 2.04. The highest BCUT2D eigenvalue weighted by Gasteiger charge is 2.17. The minimum Gasteiger partial charge on any atom is -0.384 e. The van der Waals surface area contributed by atoms with Gasteiger partial charge in [0, 0.05) is 19.0 Å². The highest BCUT2D eigenvalue weighted by Crippen LogP contribution is 2.31. The highest BCUT2D eigenvalue weighted by atomic mass is 15.3. The summed E-state index contributed by atoms with van der Waals surface area (Å²) in [7, 11) is 1.91. The van der Waals surface area contributed by atoms with Gasteiger partial charge in [0.15, 0.2) is 0 Å². The molecule has 1 aliphatic rings. The number of nitrogens with zero attached hydrogens (tertiary/aromatic N) is 2. The van der Waals surface area contributed by atoms with Crippen LogP contribution in [-0.4, -0.2) is 9.78 Å². The Hall–Kier alpha value is -0.990. The fourth-order valence-corrected chi connectivity index (χ4v) is 2.28. The number of aromatic nitrogens is 2. The van der Waals surface area contributed by atoms with Crippen molar-refractivity contribution in [1.82, 2.24) is 9.78 Å². The number of nitrogen functional groups attached to an aromatic ring is 1. The minimum absolute atomic E-state index is 0.654. The van der Waals surface area contributed by atoms with Gasteiger partial charge in [0.1, 0.15) is 5.82 Å². The molecule has 1 saturated carbocycles. The molecule has 0 saturated heterocycles. The van der Waals surface area contributed by atoms with Crippen molar-refractivity contribution in [2.45, 2.75) is 44.4 Å². The molecule has 2 rings (SSSR count). The quantitative estimate of drug-likeness (QED) is 0.696. The van der Waals surface area contributed by atoms with Gasteiger partial charge in [0.25, 0.3) is 0 Å². The second kappa shape index (κ2) is 4.03. The van der Waals surface area contributed by atoms with Crippen molar-refractivity contribution in [3.63, 3.8) is 0 Å². The first-order chi connectivity index (χ1) is 6.77. The van der Waals surface area contributed by atoms with Crippen molar-refractivity contribution in [1.29, 1.82) is 0 Å². The van der Waals surface area contributed by atoms with E-state index < -0.39 is 0 Å². The van der Waals surface area contributed by atoms with Crippen LogP contribution in [0.3, 0.4) is 0 Å². The topological polar surface area (TPSA) is 43.8 Å². The molecule has 1 fully saturated rings. The second-order valence-corrected chi connectivity index (χ2v) is 4.31. The lowest BCUT2D eigenvalue weighted by atomic mass is 9.97. The first-order valence-electron chi connectivity index (χ1n) is 5.57. The third-order valence-corrected chi connectivity index (χ3v) is 3.21. The van der Waals surface area contributed by atoms with Gasteiger partial charge in [-0.15, -0.1) is 0 Å². The van der Waals surface area contributed by atoms with Gasteiger partial charge >= 0.3 is 0 Å². The van der Waals surface area contributed by atoms with Crippen LogP contribution < -0.4 is 5.73 Å². The van der Waals surface area contributed by atoms with Crippen LogP contribution in [0.5, 0.6) is 0 Å². The smallest absolute Gasteiger partial charge is 0.121 e. The maximum Gasteiger partial charge on any atom is 0.121 e. The van der Waals surface area contributed by atoms with E-state index in [0.717, 1.165) is 5.82 Å². The molecule has 14 heavy (non-hydrogen) atoms. The monoisotopic (exact) mass is 193 g/mol. The highest BCUT2D eigenvalue weighted by molar-refractivity contribution is 5.32.